The van der Waals surface area contributed by atoms with Crippen molar-refractivity contribution in [2.75, 3.05) is 11.9 Å². The highest BCUT2D eigenvalue weighted by atomic mass is 127. The minimum absolute atomic E-state index is 0. The van der Waals surface area contributed by atoms with Crippen molar-refractivity contribution >= 4 is 41.5 Å². The molecule has 0 aliphatic heterocycles. The zero-order valence-electron chi connectivity index (χ0n) is 15.5. The fourth-order valence-corrected chi connectivity index (χ4v) is 2.24. The van der Waals surface area contributed by atoms with Gasteiger partial charge >= 0.3 is 0 Å². The second kappa shape index (κ2) is 10.8. The molecule has 0 unspecified atom stereocenters. The first-order chi connectivity index (χ1) is 12.0. The zero-order valence-corrected chi connectivity index (χ0v) is 17.9. The maximum absolute atomic E-state index is 11.1. The molecule has 0 bridgehead atoms. The summed E-state index contributed by atoms with van der Waals surface area (Å²) in [5.74, 6) is 2.05. The summed E-state index contributed by atoms with van der Waals surface area (Å²) < 4.78 is 5.56. The molecule has 26 heavy (non-hydrogen) atoms. The smallest absolute Gasteiger partial charge is 0.221 e. The number of aryl methyl sites for hydroxylation is 2. The molecule has 1 aromatic carbocycles. The van der Waals surface area contributed by atoms with Gasteiger partial charge in [-0.2, -0.15) is 0 Å². The lowest BCUT2D eigenvalue weighted by Crippen LogP contribution is -2.36. The van der Waals surface area contributed by atoms with E-state index in [2.05, 4.69) is 25.9 Å². The van der Waals surface area contributed by atoms with E-state index in [1.54, 1.807) is 0 Å². The molecule has 1 amide bonds. The van der Waals surface area contributed by atoms with Gasteiger partial charge in [-0.25, -0.2) is 9.98 Å². The number of oxazole rings is 1. The Morgan fingerprint density at radius 2 is 2.04 bits per heavy atom. The molecule has 2 rings (SSSR count). The summed E-state index contributed by atoms with van der Waals surface area (Å²) in [6.07, 6.45) is 0. The van der Waals surface area contributed by atoms with E-state index in [1.807, 2.05) is 45.0 Å². The van der Waals surface area contributed by atoms with Gasteiger partial charge in [-0.3, -0.25) is 4.79 Å². The first kappa shape index (κ1) is 21.9. The standard InChI is InChI=1S/C18H25N5O2.HI/c1-5-19-18(21-11-17-22-12(2)13(3)25-17)20-10-15-7-6-8-16(9-15)23-14(4)24;/h6-9H,5,10-11H2,1-4H3,(H,23,24)(H2,19,20,21);1H. The number of carbonyl (C=O) groups excluding carboxylic acids is 1. The summed E-state index contributed by atoms with van der Waals surface area (Å²) in [6.45, 7) is 9.02. The second-order valence-corrected chi connectivity index (χ2v) is 5.68. The number of anilines is 1. The molecule has 0 fully saturated rings. The molecular formula is C18H26IN5O2. The molecule has 7 nitrogen and oxygen atoms in total. The van der Waals surface area contributed by atoms with Crippen LogP contribution in [0.3, 0.4) is 0 Å². The van der Waals surface area contributed by atoms with Crippen molar-refractivity contribution in [3.05, 3.63) is 47.2 Å². The summed E-state index contributed by atoms with van der Waals surface area (Å²) in [5.41, 5.74) is 2.67. The van der Waals surface area contributed by atoms with E-state index in [9.17, 15) is 4.79 Å². The van der Waals surface area contributed by atoms with Gasteiger partial charge in [0.1, 0.15) is 5.76 Å². The molecule has 8 heteroatoms. The van der Waals surface area contributed by atoms with Crippen LogP contribution in [-0.4, -0.2) is 23.4 Å². The van der Waals surface area contributed by atoms with E-state index in [-0.39, 0.29) is 29.9 Å². The Morgan fingerprint density at radius 1 is 1.27 bits per heavy atom. The molecular weight excluding hydrogens is 445 g/mol. The number of nitrogens with zero attached hydrogens (tertiary/aromatic N) is 2. The first-order valence-electron chi connectivity index (χ1n) is 8.29. The number of rotatable bonds is 6. The van der Waals surface area contributed by atoms with Crippen LogP contribution in [0.25, 0.3) is 0 Å². The molecule has 0 aliphatic rings. The number of hydrogen-bond donors (Lipinski definition) is 3. The van der Waals surface area contributed by atoms with Crippen molar-refractivity contribution < 1.29 is 9.21 Å². The molecule has 1 aromatic heterocycles. The zero-order chi connectivity index (χ0) is 18.2. The third-order valence-corrected chi connectivity index (χ3v) is 3.49. The van der Waals surface area contributed by atoms with Gasteiger partial charge in [0.05, 0.1) is 18.8 Å². The molecule has 142 valence electrons. The number of amides is 1. The average molecular weight is 471 g/mol. The number of benzene rings is 1. The van der Waals surface area contributed by atoms with E-state index in [0.717, 1.165) is 29.2 Å². The van der Waals surface area contributed by atoms with Crippen LogP contribution in [0.2, 0.25) is 0 Å². The van der Waals surface area contributed by atoms with Crippen LogP contribution < -0.4 is 16.0 Å². The number of halogens is 1. The largest absolute Gasteiger partial charge is 0.444 e. The van der Waals surface area contributed by atoms with Crippen LogP contribution in [0.5, 0.6) is 0 Å². The van der Waals surface area contributed by atoms with Crippen LogP contribution in [0.1, 0.15) is 36.8 Å². The van der Waals surface area contributed by atoms with E-state index in [4.69, 9.17) is 4.42 Å². The Balaban J connectivity index is 0.00000338. The van der Waals surface area contributed by atoms with Crippen LogP contribution in [0.4, 0.5) is 5.69 Å². The number of guanidine groups is 1. The molecule has 0 saturated carbocycles. The first-order valence-corrected chi connectivity index (χ1v) is 8.29. The lowest BCUT2D eigenvalue weighted by molar-refractivity contribution is -0.114. The maximum Gasteiger partial charge on any atom is 0.221 e. The Kier molecular flexibility index (Phi) is 9.11. The predicted octanol–water partition coefficient (Wildman–Crippen LogP) is 3.12. The number of aliphatic imine (C=N–C) groups is 1. The highest BCUT2D eigenvalue weighted by molar-refractivity contribution is 14.0. The quantitative estimate of drug-likeness (QED) is 0.342. The third kappa shape index (κ3) is 7.03. The summed E-state index contributed by atoms with van der Waals surface area (Å²) in [5, 5.41) is 9.17. The fourth-order valence-electron chi connectivity index (χ4n) is 2.24. The van der Waals surface area contributed by atoms with Crippen molar-refractivity contribution in [2.24, 2.45) is 4.99 Å². The van der Waals surface area contributed by atoms with Crippen LogP contribution in [-0.2, 0) is 17.9 Å². The molecule has 1 heterocycles. The van der Waals surface area contributed by atoms with Crippen molar-refractivity contribution in [2.45, 2.75) is 40.8 Å². The van der Waals surface area contributed by atoms with Gasteiger partial charge in [-0.15, -0.1) is 24.0 Å². The molecule has 3 N–H and O–H groups in total. The van der Waals surface area contributed by atoms with Gasteiger partial charge in [0.15, 0.2) is 5.96 Å². The van der Waals surface area contributed by atoms with Gasteiger partial charge in [0.2, 0.25) is 11.8 Å². The van der Waals surface area contributed by atoms with Crippen LogP contribution in [0.15, 0.2) is 33.7 Å². The third-order valence-electron chi connectivity index (χ3n) is 3.49. The van der Waals surface area contributed by atoms with Crippen molar-refractivity contribution in [1.29, 1.82) is 0 Å². The van der Waals surface area contributed by atoms with E-state index in [1.165, 1.54) is 6.92 Å². The lowest BCUT2D eigenvalue weighted by atomic mass is 10.2. The summed E-state index contributed by atoms with van der Waals surface area (Å²) in [6, 6.07) is 7.63. The minimum Gasteiger partial charge on any atom is -0.444 e. The highest BCUT2D eigenvalue weighted by Crippen LogP contribution is 2.11. The molecule has 2 aromatic rings. The fraction of sp³-hybridized carbons (Fsp3) is 0.389. The molecule has 0 aliphatic carbocycles. The normalized spacial score (nSPS) is 10.8. The average Bonchev–Trinajstić information content (AvgIpc) is 2.88. The summed E-state index contributed by atoms with van der Waals surface area (Å²) in [7, 11) is 0. The molecule has 0 spiro atoms. The van der Waals surface area contributed by atoms with Gasteiger partial charge in [0, 0.05) is 19.2 Å². The van der Waals surface area contributed by atoms with Gasteiger partial charge < -0.3 is 20.4 Å². The van der Waals surface area contributed by atoms with Gasteiger partial charge in [-0.05, 0) is 38.5 Å². The van der Waals surface area contributed by atoms with Crippen molar-refractivity contribution in [1.82, 2.24) is 15.6 Å². The molecule has 0 atom stereocenters. The van der Waals surface area contributed by atoms with Gasteiger partial charge in [-0.1, -0.05) is 12.1 Å². The second-order valence-electron chi connectivity index (χ2n) is 5.68. The van der Waals surface area contributed by atoms with E-state index >= 15 is 0 Å². The monoisotopic (exact) mass is 471 g/mol. The Labute approximate surface area is 171 Å². The molecule has 0 saturated heterocycles. The Morgan fingerprint density at radius 3 is 2.65 bits per heavy atom. The van der Waals surface area contributed by atoms with Crippen molar-refractivity contribution in [3.8, 4) is 0 Å². The number of nitrogens with one attached hydrogen (secondary N) is 3. The number of carbonyl (C=O) groups is 1. The van der Waals surface area contributed by atoms with E-state index in [0.29, 0.717) is 24.9 Å². The van der Waals surface area contributed by atoms with Crippen LogP contribution in [0, 0.1) is 13.8 Å². The van der Waals surface area contributed by atoms with Crippen molar-refractivity contribution in [3.63, 3.8) is 0 Å². The highest BCUT2D eigenvalue weighted by Gasteiger charge is 2.06. The number of aromatic nitrogens is 1. The summed E-state index contributed by atoms with van der Waals surface area (Å²) >= 11 is 0. The van der Waals surface area contributed by atoms with E-state index < -0.39 is 0 Å². The lowest BCUT2D eigenvalue weighted by Gasteiger charge is -2.10. The topological polar surface area (TPSA) is 91.5 Å². The summed E-state index contributed by atoms with van der Waals surface area (Å²) in [4.78, 5) is 20.1. The minimum atomic E-state index is -0.0906. The van der Waals surface area contributed by atoms with Crippen LogP contribution >= 0.6 is 24.0 Å². The maximum atomic E-state index is 11.1. The number of hydrogen-bond acceptors (Lipinski definition) is 4. The van der Waals surface area contributed by atoms with Gasteiger partial charge in [0.25, 0.3) is 0 Å². The Bertz CT molecular complexity index is 738. The predicted molar refractivity (Wildman–Crippen MR) is 114 cm³/mol. The Hall–Kier alpha value is -2.10. The SMILES string of the molecule is CCNC(=NCc1cccc(NC(C)=O)c1)NCc1nc(C)c(C)o1.I. The molecule has 0 radical (unpaired) electrons.